The molecule has 0 bridgehead atoms. The summed E-state index contributed by atoms with van der Waals surface area (Å²) in [6.45, 7) is 1.08. The van der Waals surface area contributed by atoms with Crippen LogP contribution in [0.5, 0.6) is 0 Å². The van der Waals surface area contributed by atoms with Crippen molar-refractivity contribution in [2.75, 3.05) is 13.7 Å². The molecule has 0 radical (unpaired) electrons. The lowest BCUT2D eigenvalue weighted by Crippen LogP contribution is -2.13. The van der Waals surface area contributed by atoms with Gasteiger partial charge < -0.3 is 4.74 Å². The average molecular weight is 431 g/mol. The highest BCUT2D eigenvalue weighted by atomic mass is 32.2. The maximum atomic E-state index is 13.4. The second kappa shape index (κ2) is 10.1. The number of hydrogen-bond acceptors (Lipinski definition) is 6. The highest BCUT2D eigenvalue weighted by molar-refractivity contribution is 8.00. The maximum absolute atomic E-state index is 13.4. The Morgan fingerprint density at radius 3 is 2.32 bits per heavy atom. The zero-order valence-corrected chi connectivity index (χ0v) is 17.9. The molecule has 7 heteroatoms. The molecule has 2 aromatic heterocycles. The first-order valence-electron chi connectivity index (χ1n) is 9.91. The molecule has 0 saturated heterocycles. The second-order valence-electron chi connectivity index (χ2n) is 6.83. The number of rotatable bonds is 9. The van der Waals surface area contributed by atoms with Gasteiger partial charge in [0.1, 0.15) is 5.25 Å². The fourth-order valence-corrected chi connectivity index (χ4v) is 4.37. The van der Waals surface area contributed by atoms with Crippen LogP contribution >= 0.6 is 11.8 Å². The molecular formula is C24H22N4O2S. The van der Waals surface area contributed by atoms with Gasteiger partial charge in [-0.2, -0.15) is 0 Å². The molecule has 0 spiro atoms. The van der Waals surface area contributed by atoms with Crippen molar-refractivity contribution >= 4 is 17.5 Å². The number of hydrogen-bond donors (Lipinski definition) is 0. The van der Waals surface area contributed by atoms with Gasteiger partial charge in [-0.3, -0.25) is 14.3 Å². The Hall–Kier alpha value is -3.29. The topological polar surface area (TPSA) is 69.9 Å². The van der Waals surface area contributed by atoms with E-state index in [2.05, 4.69) is 15.2 Å². The molecule has 0 unspecified atom stereocenters. The van der Waals surface area contributed by atoms with Gasteiger partial charge in [0, 0.05) is 30.6 Å². The summed E-state index contributed by atoms with van der Waals surface area (Å²) in [5, 5.41) is 9.07. The Balaban J connectivity index is 1.73. The smallest absolute Gasteiger partial charge is 0.192 e. The van der Waals surface area contributed by atoms with Crippen LogP contribution in [0.1, 0.15) is 21.2 Å². The van der Waals surface area contributed by atoms with Gasteiger partial charge in [-0.05, 0) is 17.7 Å². The van der Waals surface area contributed by atoms with Gasteiger partial charge >= 0.3 is 0 Å². The minimum absolute atomic E-state index is 0.0311. The van der Waals surface area contributed by atoms with Crippen LogP contribution in [0.4, 0.5) is 0 Å². The van der Waals surface area contributed by atoms with Crippen LogP contribution in [0, 0.1) is 0 Å². The summed E-state index contributed by atoms with van der Waals surface area (Å²) in [7, 11) is 1.66. The quantitative estimate of drug-likeness (QED) is 0.283. The van der Waals surface area contributed by atoms with Gasteiger partial charge in [0.25, 0.3) is 0 Å². The molecule has 0 amide bonds. The average Bonchev–Trinajstić information content (AvgIpc) is 3.24. The fourth-order valence-electron chi connectivity index (χ4n) is 3.23. The summed E-state index contributed by atoms with van der Waals surface area (Å²) in [6, 6.07) is 22.9. The lowest BCUT2D eigenvalue weighted by Gasteiger charge is -2.17. The monoisotopic (exact) mass is 430 g/mol. The number of carbonyl (C=O) groups is 1. The van der Waals surface area contributed by atoms with E-state index in [1.54, 1.807) is 19.5 Å². The van der Waals surface area contributed by atoms with Gasteiger partial charge in [0.05, 0.1) is 13.2 Å². The third-order valence-corrected chi connectivity index (χ3v) is 6.03. The second-order valence-corrected chi connectivity index (χ2v) is 7.90. The summed E-state index contributed by atoms with van der Waals surface area (Å²) in [5.74, 6) is 0.754. The van der Waals surface area contributed by atoms with Crippen molar-refractivity contribution in [3.8, 4) is 11.4 Å². The molecule has 31 heavy (non-hydrogen) atoms. The molecule has 0 aliphatic rings. The molecule has 6 nitrogen and oxygen atoms in total. The fraction of sp³-hybridized carbons (Fsp3) is 0.167. The summed E-state index contributed by atoms with van der Waals surface area (Å²) >= 11 is 1.41. The molecule has 2 aromatic carbocycles. The highest BCUT2D eigenvalue weighted by Crippen LogP contribution is 2.38. The minimum Gasteiger partial charge on any atom is -0.383 e. The number of thioether (sulfide) groups is 1. The Morgan fingerprint density at radius 1 is 0.968 bits per heavy atom. The molecule has 0 fully saturated rings. The zero-order chi connectivity index (χ0) is 21.5. The van der Waals surface area contributed by atoms with Crippen LogP contribution in [0.15, 0.2) is 90.3 Å². The molecule has 0 N–H and O–H groups in total. The van der Waals surface area contributed by atoms with E-state index in [0.717, 1.165) is 17.0 Å². The third-order valence-electron chi connectivity index (χ3n) is 4.80. The van der Waals surface area contributed by atoms with E-state index in [4.69, 9.17) is 4.74 Å². The van der Waals surface area contributed by atoms with Crippen LogP contribution in [-0.4, -0.2) is 39.2 Å². The Labute approximate surface area is 185 Å². The van der Waals surface area contributed by atoms with Gasteiger partial charge in [0.2, 0.25) is 0 Å². The summed E-state index contributed by atoms with van der Waals surface area (Å²) in [4.78, 5) is 17.5. The third kappa shape index (κ3) is 4.90. The number of carbonyl (C=O) groups excluding carboxylic acids is 1. The first-order chi connectivity index (χ1) is 15.3. The predicted molar refractivity (Wildman–Crippen MR) is 121 cm³/mol. The lowest BCUT2D eigenvalue weighted by atomic mass is 10.0. The van der Waals surface area contributed by atoms with Crippen molar-refractivity contribution in [1.82, 2.24) is 19.7 Å². The summed E-state index contributed by atoms with van der Waals surface area (Å²) in [6.07, 6.45) is 3.45. The van der Waals surface area contributed by atoms with E-state index in [9.17, 15) is 4.79 Å². The summed E-state index contributed by atoms with van der Waals surface area (Å²) in [5.41, 5.74) is 2.50. The number of nitrogens with zero attached hydrogens (tertiary/aromatic N) is 4. The normalized spacial score (nSPS) is 11.9. The van der Waals surface area contributed by atoms with Gasteiger partial charge in [-0.15, -0.1) is 10.2 Å². The van der Waals surface area contributed by atoms with Crippen LogP contribution in [-0.2, 0) is 11.3 Å². The number of aromatic nitrogens is 4. The number of benzene rings is 2. The minimum atomic E-state index is -0.445. The molecule has 1 atom stereocenters. The van der Waals surface area contributed by atoms with Crippen molar-refractivity contribution in [3.63, 3.8) is 0 Å². The van der Waals surface area contributed by atoms with Gasteiger partial charge in [-0.25, -0.2) is 0 Å². The van der Waals surface area contributed by atoms with Crippen LogP contribution in [0.3, 0.4) is 0 Å². The largest absolute Gasteiger partial charge is 0.383 e. The Morgan fingerprint density at radius 2 is 1.65 bits per heavy atom. The molecular weight excluding hydrogens is 408 g/mol. The maximum Gasteiger partial charge on any atom is 0.192 e. The van der Waals surface area contributed by atoms with Crippen LogP contribution < -0.4 is 0 Å². The highest BCUT2D eigenvalue weighted by Gasteiger charge is 2.26. The van der Waals surface area contributed by atoms with Crippen LogP contribution in [0.25, 0.3) is 11.4 Å². The van der Waals surface area contributed by atoms with E-state index in [1.165, 1.54) is 11.8 Å². The van der Waals surface area contributed by atoms with E-state index >= 15 is 0 Å². The van der Waals surface area contributed by atoms with E-state index in [1.807, 2.05) is 77.4 Å². The summed E-state index contributed by atoms with van der Waals surface area (Å²) < 4.78 is 7.30. The first-order valence-corrected chi connectivity index (χ1v) is 10.8. The van der Waals surface area contributed by atoms with Gasteiger partial charge in [0.15, 0.2) is 16.8 Å². The van der Waals surface area contributed by atoms with Crippen molar-refractivity contribution in [1.29, 1.82) is 0 Å². The number of pyridine rings is 1. The number of Topliss-reactive ketones (excluding diaryl/α,β-unsaturated/α-hetero) is 1. The van der Waals surface area contributed by atoms with Crippen molar-refractivity contribution in [3.05, 3.63) is 96.3 Å². The first kappa shape index (κ1) is 21.0. The zero-order valence-electron chi connectivity index (χ0n) is 17.1. The lowest BCUT2D eigenvalue weighted by molar-refractivity contribution is 0.0989. The standard InChI is InChI=1S/C24H22N4O2S/c1-30-17-16-28-23(20-12-14-25-15-13-20)26-27-24(28)31-22(19-10-6-3-7-11-19)21(29)18-8-4-2-5-9-18/h2-15,22H,16-17H2,1H3/t22-/m0/s1. The Kier molecular flexibility index (Phi) is 6.86. The van der Waals surface area contributed by atoms with Crippen molar-refractivity contribution < 1.29 is 9.53 Å². The van der Waals surface area contributed by atoms with Crippen LogP contribution in [0.2, 0.25) is 0 Å². The molecule has 4 rings (SSSR count). The Bertz CT molecular complexity index is 1120. The number of ketones is 1. The van der Waals surface area contributed by atoms with Gasteiger partial charge in [-0.1, -0.05) is 72.4 Å². The van der Waals surface area contributed by atoms with Crippen molar-refractivity contribution in [2.24, 2.45) is 0 Å². The number of ether oxygens (including phenoxy) is 1. The molecule has 0 aliphatic heterocycles. The molecule has 4 aromatic rings. The SMILES string of the molecule is COCCn1c(S[C@H](C(=O)c2ccccc2)c2ccccc2)nnc1-c1ccncc1. The predicted octanol–water partition coefficient (Wildman–Crippen LogP) is 4.70. The molecule has 0 saturated carbocycles. The van der Waals surface area contributed by atoms with E-state index in [0.29, 0.717) is 23.9 Å². The molecule has 2 heterocycles. The molecule has 156 valence electrons. The molecule has 0 aliphatic carbocycles. The van der Waals surface area contributed by atoms with Crippen molar-refractivity contribution in [2.45, 2.75) is 17.0 Å². The van der Waals surface area contributed by atoms with E-state index < -0.39 is 5.25 Å². The number of methoxy groups -OCH3 is 1. The van der Waals surface area contributed by atoms with E-state index in [-0.39, 0.29) is 5.78 Å².